The molecular formula is C29H46GeN+. The molecule has 0 saturated heterocycles. The van der Waals surface area contributed by atoms with E-state index in [2.05, 4.69) is 115 Å². The zero-order valence-corrected chi connectivity index (χ0v) is 24.4. The second-order valence-electron chi connectivity index (χ2n) is 13.6. The van der Waals surface area contributed by atoms with Crippen molar-refractivity contribution in [2.24, 2.45) is 17.9 Å². The van der Waals surface area contributed by atoms with Crippen molar-refractivity contribution < 1.29 is 4.57 Å². The van der Waals surface area contributed by atoms with E-state index in [9.17, 15) is 0 Å². The third-order valence-electron chi connectivity index (χ3n) is 7.77. The Hall–Kier alpha value is -1.09. The predicted molar refractivity (Wildman–Crippen MR) is 139 cm³/mol. The number of hydrogen-bond donors (Lipinski definition) is 0. The molecule has 0 atom stereocenters. The molecule has 31 heavy (non-hydrogen) atoms. The summed E-state index contributed by atoms with van der Waals surface area (Å²) >= 11 is -2.10. The molecule has 1 fully saturated rings. The van der Waals surface area contributed by atoms with Crippen molar-refractivity contribution in [3.8, 4) is 11.3 Å². The van der Waals surface area contributed by atoms with Crippen LogP contribution >= 0.6 is 0 Å². The quantitative estimate of drug-likeness (QED) is 0.321. The van der Waals surface area contributed by atoms with Crippen LogP contribution in [0.25, 0.3) is 11.3 Å². The number of rotatable bonds is 3. The standard InChI is InChI=1S/C29H46GeN/c1-20-17-21(27(2,3)4)13-14-22(20)25-18-24(30(9,10)11)23(19-31(25)12)26-28(5,6)15-16-29(26,7)8/h13-14,17-19,26H,15-16H2,1-12H3/q+1. The van der Waals surface area contributed by atoms with Crippen LogP contribution in [0.15, 0.2) is 30.5 Å². The van der Waals surface area contributed by atoms with Crippen molar-refractivity contribution in [1.29, 1.82) is 0 Å². The maximum absolute atomic E-state index is 2.58. The zero-order chi connectivity index (χ0) is 23.6. The Morgan fingerprint density at radius 3 is 1.94 bits per heavy atom. The molecule has 1 aromatic carbocycles. The SMILES string of the molecule is Cc1cc(C(C)(C)C)ccc1-c1c[c]([Ge]([CH3])([CH3])[CH3])c(C2C(C)(C)CCC2(C)C)c[n+]1C. The summed E-state index contributed by atoms with van der Waals surface area (Å²) < 4.78 is 4.11. The monoisotopic (exact) mass is 482 g/mol. The van der Waals surface area contributed by atoms with E-state index in [-0.39, 0.29) is 5.41 Å². The Balaban J connectivity index is 2.24. The van der Waals surface area contributed by atoms with Gasteiger partial charge in [-0.25, -0.2) is 0 Å². The number of hydrogen-bond acceptors (Lipinski definition) is 0. The van der Waals surface area contributed by atoms with Gasteiger partial charge in [0.15, 0.2) is 0 Å². The minimum atomic E-state index is -2.10. The molecular weight excluding hydrogens is 435 g/mol. The number of aromatic nitrogens is 1. The van der Waals surface area contributed by atoms with Crippen molar-refractivity contribution >= 4 is 17.7 Å². The molecule has 0 aliphatic heterocycles. The summed E-state index contributed by atoms with van der Waals surface area (Å²) in [5.74, 6) is 8.30. The Bertz CT molecular complexity index is 967. The van der Waals surface area contributed by atoms with Crippen molar-refractivity contribution in [2.45, 2.75) is 96.8 Å². The van der Waals surface area contributed by atoms with Crippen LogP contribution < -0.4 is 8.96 Å². The van der Waals surface area contributed by atoms with Gasteiger partial charge < -0.3 is 0 Å². The first kappa shape index (κ1) is 24.6. The Kier molecular flexibility index (Phi) is 6.14. The summed E-state index contributed by atoms with van der Waals surface area (Å²) in [6, 6.07) is 9.66. The second-order valence-corrected chi connectivity index (χ2v) is 24.1. The Morgan fingerprint density at radius 2 is 1.48 bits per heavy atom. The van der Waals surface area contributed by atoms with Crippen LogP contribution in [-0.4, -0.2) is 13.3 Å². The topological polar surface area (TPSA) is 3.88 Å². The summed E-state index contributed by atoms with van der Waals surface area (Å²) in [7, 11) is 2.25. The summed E-state index contributed by atoms with van der Waals surface area (Å²) in [5.41, 5.74) is 8.05. The third-order valence-corrected chi connectivity index (χ3v) is 12.1. The fraction of sp³-hybridized carbons (Fsp3) is 0.621. The number of aryl methyl sites for hydroxylation is 2. The molecule has 2 aromatic rings. The van der Waals surface area contributed by atoms with Gasteiger partial charge in [-0.1, -0.05) is 0 Å². The van der Waals surface area contributed by atoms with E-state index < -0.39 is 13.3 Å². The summed E-state index contributed by atoms with van der Waals surface area (Å²) in [6.07, 6.45) is 5.15. The van der Waals surface area contributed by atoms with Crippen molar-refractivity contribution in [2.75, 3.05) is 0 Å². The van der Waals surface area contributed by atoms with E-state index >= 15 is 0 Å². The van der Waals surface area contributed by atoms with Crippen LogP contribution in [0.4, 0.5) is 0 Å². The first-order valence-electron chi connectivity index (χ1n) is 12.1. The van der Waals surface area contributed by atoms with Crippen LogP contribution in [0, 0.1) is 17.8 Å². The summed E-state index contributed by atoms with van der Waals surface area (Å²) in [4.78, 5) is 0. The van der Waals surface area contributed by atoms with Crippen molar-refractivity contribution in [3.05, 3.63) is 47.2 Å². The van der Waals surface area contributed by atoms with Gasteiger partial charge in [-0.3, -0.25) is 0 Å². The van der Waals surface area contributed by atoms with Crippen LogP contribution in [0.5, 0.6) is 0 Å². The minimum absolute atomic E-state index is 0.181. The van der Waals surface area contributed by atoms with Crippen LogP contribution in [0.3, 0.4) is 0 Å². The van der Waals surface area contributed by atoms with E-state index in [1.165, 1.54) is 35.2 Å². The first-order valence-corrected chi connectivity index (χ1v) is 19.4. The molecule has 170 valence electrons. The van der Waals surface area contributed by atoms with Crippen molar-refractivity contribution in [1.82, 2.24) is 0 Å². The van der Waals surface area contributed by atoms with E-state index in [0.717, 1.165) is 0 Å². The molecule has 2 heteroatoms. The average molecular weight is 481 g/mol. The van der Waals surface area contributed by atoms with E-state index in [1.807, 2.05) is 0 Å². The molecule has 1 aromatic heterocycles. The Morgan fingerprint density at radius 1 is 0.935 bits per heavy atom. The van der Waals surface area contributed by atoms with Gasteiger partial charge >= 0.3 is 195 Å². The fourth-order valence-corrected chi connectivity index (χ4v) is 9.52. The van der Waals surface area contributed by atoms with Gasteiger partial charge in [0.25, 0.3) is 0 Å². The Labute approximate surface area is 195 Å². The van der Waals surface area contributed by atoms with E-state index in [0.29, 0.717) is 16.7 Å². The zero-order valence-electron chi connectivity index (χ0n) is 22.3. The molecule has 0 unspecified atom stereocenters. The molecule has 0 bridgehead atoms. The number of nitrogens with zero attached hydrogens (tertiary/aromatic N) is 1. The van der Waals surface area contributed by atoms with Gasteiger partial charge in [0, 0.05) is 0 Å². The van der Waals surface area contributed by atoms with Crippen LogP contribution in [0.2, 0.25) is 17.3 Å². The molecule has 0 radical (unpaired) electrons. The summed E-state index contributed by atoms with van der Waals surface area (Å²) in [6.45, 7) is 19.2. The number of benzene rings is 1. The molecule has 1 nitrogen and oxygen atoms in total. The molecule has 0 amide bonds. The first-order chi connectivity index (χ1) is 13.9. The molecule has 1 aliphatic carbocycles. The molecule has 0 N–H and O–H groups in total. The average Bonchev–Trinajstić information content (AvgIpc) is 2.81. The van der Waals surface area contributed by atoms with E-state index in [1.54, 1.807) is 9.96 Å². The second kappa shape index (κ2) is 7.75. The van der Waals surface area contributed by atoms with Crippen LogP contribution in [-0.2, 0) is 12.5 Å². The molecule has 1 heterocycles. The molecule has 1 aliphatic rings. The molecule has 3 rings (SSSR count). The fourth-order valence-electron chi connectivity index (χ4n) is 6.07. The van der Waals surface area contributed by atoms with Gasteiger partial charge in [0.1, 0.15) is 0 Å². The van der Waals surface area contributed by atoms with Gasteiger partial charge in [-0.15, -0.1) is 0 Å². The maximum atomic E-state index is 2.58. The van der Waals surface area contributed by atoms with Gasteiger partial charge in [0.2, 0.25) is 0 Å². The predicted octanol–water partition coefficient (Wildman–Crippen LogP) is 7.26. The molecule has 0 spiro atoms. The van der Waals surface area contributed by atoms with E-state index in [4.69, 9.17) is 0 Å². The van der Waals surface area contributed by atoms with Crippen molar-refractivity contribution in [3.63, 3.8) is 0 Å². The third kappa shape index (κ3) is 4.68. The normalized spacial score (nSPS) is 19.1. The van der Waals surface area contributed by atoms with Gasteiger partial charge in [0.05, 0.1) is 0 Å². The van der Waals surface area contributed by atoms with Gasteiger partial charge in [-0.05, 0) is 0 Å². The molecule has 1 saturated carbocycles. The van der Waals surface area contributed by atoms with Gasteiger partial charge in [-0.2, -0.15) is 0 Å². The summed E-state index contributed by atoms with van der Waals surface area (Å²) in [5, 5.41) is 0. The number of pyridine rings is 1. The van der Waals surface area contributed by atoms with Crippen LogP contribution in [0.1, 0.15) is 83.9 Å².